The second-order valence-electron chi connectivity index (χ2n) is 9.07. The number of rotatable bonds is 2. The van der Waals surface area contributed by atoms with Gasteiger partial charge in [-0.3, -0.25) is 28.9 Å². The van der Waals surface area contributed by atoms with Crippen molar-refractivity contribution < 1.29 is 38.6 Å². The van der Waals surface area contributed by atoms with Crippen LogP contribution in [0.1, 0.15) is 28.8 Å². The van der Waals surface area contributed by atoms with Crippen molar-refractivity contribution in [2.75, 3.05) is 14.1 Å². The quantitative estimate of drug-likeness (QED) is 0.480. The van der Waals surface area contributed by atoms with E-state index in [1.165, 1.54) is 31.1 Å². The largest absolute Gasteiger partial charge is 0.392 e. The lowest BCUT2D eigenvalue weighted by molar-refractivity contribution is -0.196. The third-order valence-electron chi connectivity index (χ3n) is 7.33. The number of hydrogen-bond acceptors (Lipinski definition) is 8. The number of hydrogen-bond donors (Lipinski definition) is 3. The molecule has 1 aromatic rings. The van der Waals surface area contributed by atoms with Crippen molar-refractivity contribution in [3.63, 3.8) is 0 Å². The average Bonchev–Trinajstić information content (AvgIpc) is 2.70. The van der Waals surface area contributed by atoms with Crippen molar-refractivity contribution in [1.82, 2.24) is 4.90 Å². The third kappa shape index (κ3) is 2.57. The van der Waals surface area contributed by atoms with Crippen LogP contribution in [0.3, 0.4) is 0 Å². The van der Waals surface area contributed by atoms with Crippen LogP contribution in [0.25, 0.3) is 0 Å². The highest BCUT2D eigenvalue weighted by Gasteiger charge is 2.72. The van der Waals surface area contributed by atoms with E-state index in [1.54, 1.807) is 6.92 Å². The Labute approximate surface area is 182 Å². The minimum Gasteiger partial charge on any atom is -0.392 e. The van der Waals surface area contributed by atoms with Crippen molar-refractivity contribution in [3.8, 4) is 0 Å². The summed E-state index contributed by atoms with van der Waals surface area (Å²) in [7, 11) is 2.86. The van der Waals surface area contributed by atoms with Crippen molar-refractivity contribution in [2.45, 2.75) is 30.6 Å². The van der Waals surface area contributed by atoms with E-state index in [9.17, 15) is 38.6 Å². The molecule has 2 fully saturated rings. The molecule has 8 unspecified atom stereocenters. The molecule has 0 bridgehead atoms. The van der Waals surface area contributed by atoms with Crippen LogP contribution in [0.15, 0.2) is 18.2 Å². The number of likely N-dealkylation sites (N-methyl/N-ethyl adjacent to an activating group) is 1. The number of primary amides is 1. The molecule has 0 aliphatic heterocycles. The molecular formula is C22H23FN2O7. The monoisotopic (exact) mass is 446 g/mol. The molecular weight excluding hydrogens is 423 g/mol. The molecule has 4 rings (SSSR count). The third-order valence-corrected chi connectivity index (χ3v) is 7.33. The Balaban J connectivity index is 1.96. The lowest BCUT2D eigenvalue weighted by Gasteiger charge is -2.55. The maximum Gasteiger partial charge on any atom is 0.235 e. The van der Waals surface area contributed by atoms with E-state index >= 15 is 0 Å². The minimum absolute atomic E-state index is 0.290. The summed E-state index contributed by atoms with van der Waals surface area (Å²) in [6.45, 7) is 1.60. The van der Waals surface area contributed by atoms with Crippen LogP contribution >= 0.6 is 0 Å². The molecule has 170 valence electrons. The predicted molar refractivity (Wildman–Crippen MR) is 106 cm³/mol. The smallest absolute Gasteiger partial charge is 0.235 e. The van der Waals surface area contributed by atoms with Gasteiger partial charge < -0.3 is 15.9 Å². The van der Waals surface area contributed by atoms with Gasteiger partial charge in [0.2, 0.25) is 5.91 Å². The molecule has 10 heteroatoms. The Kier molecular flexibility index (Phi) is 4.96. The average molecular weight is 446 g/mol. The van der Waals surface area contributed by atoms with E-state index in [4.69, 9.17) is 5.73 Å². The molecule has 3 aliphatic carbocycles. The van der Waals surface area contributed by atoms with Crippen LogP contribution in [0.2, 0.25) is 0 Å². The molecule has 1 amide bonds. The van der Waals surface area contributed by atoms with Gasteiger partial charge in [0.1, 0.15) is 5.82 Å². The number of nitrogens with two attached hydrogens (primary N) is 1. The summed E-state index contributed by atoms with van der Waals surface area (Å²) in [4.78, 5) is 66.2. The Morgan fingerprint density at radius 3 is 2.34 bits per heavy atom. The zero-order chi connectivity index (χ0) is 23.9. The summed E-state index contributed by atoms with van der Waals surface area (Å²) >= 11 is 0. The molecule has 2 saturated carbocycles. The fraction of sp³-hybridized carbons (Fsp3) is 0.500. The lowest BCUT2D eigenvalue weighted by Crippen LogP contribution is -2.77. The number of carbonyl (C=O) groups is 5. The van der Waals surface area contributed by atoms with Crippen LogP contribution in [0, 0.1) is 29.5 Å². The number of benzene rings is 1. The van der Waals surface area contributed by atoms with Crippen LogP contribution in [0.5, 0.6) is 0 Å². The van der Waals surface area contributed by atoms with Crippen molar-refractivity contribution in [3.05, 3.63) is 35.1 Å². The van der Waals surface area contributed by atoms with Crippen molar-refractivity contribution >= 4 is 29.0 Å². The summed E-state index contributed by atoms with van der Waals surface area (Å²) in [5, 5.41) is 22.8. The molecule has 4 N–H and O–H groups in total. The first-order valence-electron chi connectivity index (χ1n) is 10.2. The van der Waals surface area contributed by atoms with E-state index in [2.05, 4.69) is 0 Å². The summed E-state index contributed by atoms with van der Waals surface area (Å²) < 4.78 is 14.5. The second-order valence-corrected chi connectivity index (χ2v) is 9.07. The summed E-state index contributed by atoms with van der Waals surface area (Å²) in [6.07, 6.45) is -1.66. The standard InChI is InChI=1S/C22H23FN2O7/c1-7-8-5-4-6-9(23)11(8)16(26)12-10(7)17(27)14-15(25(2)3)18(28)13(21(24)31)20(30)22(14,32)19(12)29/h4-7,10,12-15,17,27,32H,1-3H3,(H2,24,31). The van der Waals surface area contributed by atoms with Crippen molar-refractivity contribution in [2.24, 2.45) is 29.4 Å². The van der Waals surface area contributed by atoms with Crippen molar-refractivity contribution in [1.29, 1.82) is 0 Å². The number of fused-ring (bicyclic) bond motifs is 3. The van der Waals surface area contributed by atoms with E-state index in [1.807, 2.05) is 0 Å². The van der Waals surface area contributed by atoms with E-state index in [-0.39, 0.29) is 5.56 Å². The number of nitrogens with zero attached hydrogens (tertiary/aromatic N) is 1. The molecule has 9 nitrogen and oxygen atoms in total. The molecule has 8 atom stereocenters. The molecule has 0 radical (unpaired) electrons. The molecule has 0 heterocycles. The number of aliphatic hydroxyl groups excluding tert-OH is 1. The Bertz CT molecular complexity index is 1090. The topological polar surface area (TPSA) is 155 Å². The van der Waals surface area contributed by atoms with Gasteiger partial charge in [0.05, 0.1) is 29.5 Å². The number of carbonyl (C=O) groups excluding carboxylic acids is 5. The molecule has 1 aromatic carbocycles. The minimum atomic E-state index is -3.01. The zero-order valence-corrected chi connectivity index (χ0v) is 17.6. The van der Waals surface area contributed by atoms with E-state index in [0.717, 1.165) is 6.07 Å². The molecule has 0 aromatic heterocycles. The normalized spacial score (nSPS) is 38.9. The van der Waals surface area contributed by atoms with Gasteiger partial charge in [0.25, 0.3) is 0 Å². The maximum atomic E-state index is 14.5. The Hall–Kier alpha value is -2.82. The summed E-state index contributed by atoms with van der Waals surface area (Å²) in [5.41, 5.74) is 2.18. The highest BCUT2D eigenvalue weighted by Crippen LogP contribution is 2.53. The Morgan fingerprint density at radius 1 is 1.16 bits per heavy atom. The highest BCUT2D eigenvalue weighted by molar-refractivity contribution is 6.32. The highest BCUT2D eigenvalue weighted by atomic mass is 19.1. The molecule has 3 aliphatic rings. The fourth-order valence-corrected chi connectivity index (χ4v) is 5.92. The van der Waals surface area contributed by atoms with Crippen LogP contribution < -0.4 is 5.73 Å². The SMILES string of the molecule is CC1c2cccc(F)c2C(=O)C2C(=O)C3(O)C(=O)C(C(N)=O)C(=O)C(N(C)C)C3C(O)C21. The van der Waals surface area contributed by atoms with Crippen LogP contribution in [-0.4, -0.2) is 76.0 Å². The summed E-state index contributed by atoms with van der Waals surface area (Å²) in [6, 6.07) is 2.57. The van der Waals surface area contributed by atoms with Gasteiger partial charge in [0, 0.05) is 5.92 Å². The second kappa shape index (κ2) is 7.09. The van der Waals surface area contributed by atoms with Gasteiger partial charge in [-0.2, -0.15) is 0 Å². The first-order valence-corrected chi connectivity index (χ1v) is 10.2. The van der Waals surface area contributed by atoms with Gasteiger partial charge in [-0.25, -0.2) is 4.39 Å². The van der Waals surface area contributed by atoms with Crippen LogP contribution in [0.4, 0.5) is 4.39 Å². The zero-order valence-electron chi connectivity index (χ0n) is 17.6. The number of halogens is 1. The van der Waals surface area contributed by atoms with Gasteiger partial charge in [-0.1, -0.05) is 19.1 Å². The predicted octanol–water partition coefficient (Wildman–Crippen LogP) is -1.17. The molecule has 0 spiro atoms. The van der Waals surface area contributed by atoms with Gasteiger partial charge in [-0.05, 0) is 31.6 Å². The van der Waals surface area contributed by atoms with Gasteiger partial charge in [0.15, 0.2) is 34.7 Å². The fourth-order valence-electron chi connectivity index (χ4n) is 5.92. The number of Topliss-reactive ketones (excluding diaryl/α,β-unsaturated/α-hetero) is 4. The first-order chi connectivity index (χ1) is 14.9. The lowest BCUT2D eigenvalue weighted by atomic mass is 9.49. The summed E-state index contributed by atoms with van der Waals surface area (Å²) in [5.74, 6) is -14.1. The molecule has 0 saturated heterocycles. The number of ketones is 4. The number of aliphatic hydroxyl groups is 2. The van der Waals surface area contributed by atoms with Gasteiger partial charge >= 0.3 is 0 Å². The van der Waals surface area contributed by atoms with Gasteiger partial charge in [-0.15, -0.1) is 0 Å². The van der Waals surface area contributed by atoms with Crippen LogP contribution in [-0.2, 0) is 19.2 Å². The first kappa shape index (κ1) is 22.4. The van der Waals surface area contributed by atoms with E-state index in [0.29, 0.717) is 5.56 Å². The molecule has 32 heavy (non-hydrogen) atoms. The Morgan fingerprint density at radius 2 is 1.78 bits per heavy atom. The van der Waals surface area contributed by atoms with E-state index < -0.39 is 82.2 Å². The number of amides is 1. The maximum absolute atomic E-state index is 14.5.